The summed E-state index contributed by atoms with van der Waals surface area (Å²) in [5.74, 6) is -1.07. The lowest BCUT2D eigenvalue weighted by Crippen LogP contribution is -2.19. The van der Waals surface area contributed by atoms with Crippen LogP contribution in [-0.2, 0) is 0 Å². The van der Waals surface area contributed by atoms with E-state index in [1.165, 1.54) is 24.4 Å². The van der Waals surface area contributed by atoms with Gasteiger partial charge in [-0.05, 0) is 18.2 Å². The highest BCUT2D eigenvalue weighted by Gasteiger charge is 2.11. The quantitative estimate of drug-likeness (QED) is 0.754. The normalized spacial score (nSPS) is 9.89. The molecule has 0 atom stereocenters. The van der Waals surface area contributed by atoms with Gasteiger partial charge in [0.15, 0.2) is 0 Å². The molecule has 0 bridgehead atoms. The highest BCUT2D eigenvalue weighted by molar-refractivity contribution is 6.08. The maximum Gasteiger partial charge on any atom is 0.257 e. The number of amides is 2. The number of H-pyrrole nitrogens is 1. The SMILES string of the molecule is NC(=O)c1ccccc1NC(=O)c1ccc(=O)[nH]c1. The monoisotopic (exact) mass is 257 g/mol. The summed E-state index contributed by atoms with van der Waals surface area (Å²) >= 11 is 0. The molecule has 0 fully saturated rings. The molecule has 6 heteroatoms. The van der Waals surface area contributed by atoms with E-state index in [1.54, 1.807) is 18.2 Å². The zero-order chi connectivity index (χ0) is 13.8. The minimum Gasteiger partial charge on any atom is -0.366 e. The van der Waals surface area contributed by atoms with Crippen molar-refractivity contribution in [2.45, 2.75) is 0 Å². The molecule has 96 valence electrons. The molecule has 6 nitrogen and oxygen atoms in total. The van der Waals surface area contributed by atoms with Gasteiger partial charge in [-0.25, -0.2) is 0 Å². The maximum absolute atomic E-state index is 11.9. The van der Waals surface area contributed by atoms with E-state index >= 15 is 0 Å². The molecule has 4 N–H and O–H groups in total. The zero-order valence-electron chi connectivity index (χ0n) is 9.84. The van der Waals surface area contributed by atoms with E-state index in [1.807, 2.05) is 0 Å². The van der Waals surface area contributed by atoms with Crippen LogP contribution in [0.2, 0.25) is 0 Å². The molecule has 19 heavy (non-hydrogen) atoms. The van der Waals surface area contributed by atoms with Crippen LogP contribution < -0.4 is 16.6 Å². The predicted molar refractivity (Wildman–Crippen MR) is 70.0 cm³/mol. The fourth-order valence-electron chi connectivity index (χ4n) is 1.55. The summed E-state index contributed by atoms with van der Waals surface area (Å²) in [7, 11) is 0. The summed E-state index contributed by atoms with van der Waals surface area (Å²) in [6.45, 7) is 0. The number of carbonyl (C=O) groups is 2. The molecule has 1 aromatic heterocycles. The van der Waals surface area contributed by atoms with Crippen molar-refractivity contribution in [2.24, 2.45) is 5.73 Å². The number of hydrogen-bond donors (Lipinski definition) is 3. The Morgan fingerprint density at radius 1 is 1.11 bits per heavy atom. The fraction of sp³-hybridized carbons (Fsp3) is 0. The van der Waals surface area contributed by atoms with Crippen molar-refractivity contribution in [1.82, 2.24) is 4.98 Å². The van der Waals surface area contributed by atoms with Crippen LogP contribution in [0, 0.1) is 0 Å². The smallest absolute Gasteiger partial charge is 0.257 e. The first kappa shape index (κ1) is 12.6. The van der Waals surface area contributed by atoms with Gasteiger partial charge in [0.2, 0.25) is 5.56 Å². The van der Waals surface area contributed by atoms with Gasteiger partial charge >= 0.3 is 0 Å². The van der Waals surface area contributed by atoms with Crippen molar-refractivity contribution in [1.29, 1.82) is 0 Å². The van der Waals surface area contributed by atoms with Gasteiger partial charge in [0, 0.05) is 12.3 Å². The third-order valence-corrected chi connectivity index (χ3v) is 2.49. The van der Waals surface area contributed by atoms with Crippen LogP contribution in [0.4, 0.5) is 5.69 Å². The maximum atomic E-state index is 11.9. The second-order valence-corrected chi connectivity index (χ2v) is 3.81. The first-order valence-electron chi connectivity index (χ1n) is 5.47. The summed E-state index contributed by atoms with van der Waals surface area (Å²) in [6, 6.07) is 9.05. The lowest BCUT2D eigenvalue weighted by molar-refractivity contribution is 0.100. The number of nitrogens with two attached hydrogens (primary N) is 1. The standard InChI is InChI=1S/C13H11N3O3/c14-12(18)9-3-1-2-4-10(9)16-13(19)8-5-6-11(17)15-7-8/h1-7H,(H2,14,18)(H,15,17)(H,16,19). The lowest BCUT2D eigenvalue weighted by Gasteiger charge is -2.08. The Morgan fingerprint density at radius 2 is 1.84 bits per heavy atom. The number of aromatic nitrogens is 1. The van der Waals surface area contributed by atoms with E-state index < -0.39 is 11.8 Å². The molecule has 1 heterocycles. The van der Waals surface area contributed by atoms with Gasteiger partial charge in [0.1, 0.15) is 0 Å². The second-order valence-electron chi connectivity index (χ2n) is 3.81. The molecule has 0 spiro atoms. The average molecular weight is 257 g/mol. The van der Waals surface area contributed by atoms with Gasteiger partial charge in [-0.1, -0.05) is 12.1 Å². The molecular weight excluding hydrogens is 246 g/mol. The average Bonchev–Trinajstić information content (AvgIpc) is 2.39. The van der Waals surface area contributed by atoms with Crippen molar-refractivity contribution in [2.75, 3.05) is 5.32 Å². The van der Waals surface area contributed by atoms with Gasteiger partial charge < -0.3 is 16.0 Å². The number of benzene rings is 1. The van der Waals surface area contributed by atoms with E-state index in [2.05, 4.69) is 10.3 Å². The topological polar surface area (TPSA) is 105 Å². The number of rotatable bonds is 3. The van der Waals surface area contributed by atoms with Gasteiger partial charge in [0.05, 0.1) is 16.8 Å². The summed E-state index contributed by atoms with van der Waals surface area (Å²) in [4.78, 5) is 36.4. The first-order valence-corrected chi connectivity index (χ1v) is 5.47. The number of carbonyl (C=O) groups excluding carboxylic acids is 2. The Morgan fingerprint density at radius 3 is 2.47 bits per heavy atom. The molecule has 0 saturated heterocycles. The van der Waals surface area contributed by atoms with Crippen LogP contribution in [-0.4, -0.2) is 16.8 Å². The van der Waals surface area contributed by atoms with Gasteiger partial charge in [0.25, 0.3) is 11.8 Å². The number of para-hydroxylation sites is 1. The van der Waals surface area contributed by atoms with E-state index in [4.69, 9.17) is 5.73 Å². The summed E-state index contributed by atoms with van der Waals surface area (Å²) in [6.07, 6.45) is 1.30. The molecule has 0 aliphatic carbocycles. The predicted octanol–water partition coefficient (Wildman–Crippen LogP) is 0.726. The molecular formula is C13H11N3O3. The lowest BCUT2D eigenvalue weighted by atomic mass is 10.1. The highest BCUT2D eigenvalue weighted by atomic mass is 16.2. The number of anilines is 1. The Bertz CT molecular complexity index is 671. The third kappa shape index (κ3) is 2.86. The molecule has 2 aromatic rings. The van der Waals surface area contributed by atoms with E-state index in [9.17, 15) is 14.4 Å². The van der Waals surface area contributed by atoms with Crippen LogP contribution in [0.5, 0.6) is 0 Å². The largest absolute Gasteiger partial charge is 0.366 e. The van der Waals surface area contributed by atoms with E-state index in [-0.39, 0.29) is 16.7 Å². The van der Waals surface area contributed by atoms with E-state index in [0.717, 1.165) is 0 Å². The van der Waals surface area contributed by atoms with Crippen LogP contribution in [0.1, 0.15) is 20.7 Å². The minimum absolute atomic E-state index is 0.222. The molecule has 0 saturated carbocycles. The third-order valence-electron chi connectivity index (χ3n) is 2.49. The molecule has 0 aliphatic heterocycles. The van der Waals surface area contributed by atoms with Crippen molar-refractivity contribution >= 4 is 17.5 Å². The van der Waals surface area contributed by atoms with Crippen molar-refractivity contribution in [3.8, 4) is 0 Å². The molecule has 0 unspecified atom stereocenters. The van der Waals surface area contributed by atoms with Crippen LogP contribution >= 0.6 is 0 Å². The molecule has 2 amide bonds. The van der Waals surface area contributed by atoms with E-state index in [0.29, 0.717) is 5.69 Å². The Balaban J connectivity index is 2.26. The summed E-state index contributed by atoms with van der Waals surface area (Å²) < 4.78 is 0. The molecule has 0 radical (unpaired) electrons. The van der Waals surface area contributed by atoms with Crippen molar-refractivity contribution in [3.05, 3.63) is 64.1 Å². The number of pyridine rings is 1. The van der Waals surface area contributed by atoms with Gasteiger partial charge in [-0.15, -0.1) is 0 Å². The van der Waals surface area contributed by atoms with Crippen molar-refractivity contribution < 1.29 is 9.59 Å². The number of nitrogens with one attached hydrogen (secondary N) is 2. The number of aromatic amines is 1. The number of primary amides is 1. The Hall–Kier alpha value is -2.89. The minimum atomic E-state index is -0.627. The second kappa shape index (κ2) is 5.18. The fourth-order valence-corrected chi connectivity index (χ4v) is 1.55. The van der Waals surface area contributed by atoms with Gasteiger partial charge in [-0.3, -0.25) is 14.4 Å². The highest BCUT2D eigenvalue weighted by Crippen LogP contribution is 2.15. The summed E-state index contributed by atoms with van der Waals surface area (Å²) in [5, 5.41) is 2.57. The Labute approximate surface area is 108 Å². The van der Waals surface area contributed by atoms with Gasteiger partial charge in [-0.2, -0.15) is 0 Å². The zero-order valence-corrected chi connectivity index (χ0v) is 9.84. The van der Waals surface area contributed by atoms with Crippen LogP contribution in [0.15, 0.2) is 47.4 Å². The van der Waals surface area contributed by atoms with Crippen molar-refractivity contribution in [3.63, 3.8) is 0 Å². The first-order chi connectivity index (χ1) is 9.08. The Kier molecular flexibility index (Phi) is 3.42. The molecule has 0 aliphatic rings. The molecule has 2 rings (SSSR count). The summed E-state index contributed by atoms with van der Waals surface area (Å²) in [5.41, 5.74) is 5.74. The number of hydrogen-bond acceptors (Lipinski definition) is 3. The van der Waals surface area contributed by atoms with Crippen LogP contribution in [0.25, 0.3) is 0 Å². The van der Waals surface area contributed by atoms with Crippen LogP contribution in [0.3, 0.4) is 0 Å². The molecule has 1 aromatic carbocycles.